The summed E-state index contributed by atoms with van der Waals surface area (Å²) < 4.78 is 0. The zero-order valence-corrected chi connectivity index (χ0v) is 15.7. The number of phenolic OH excluding ortho intramolecular Hbond substituents is 2. The van der Waals surface area contributed by atoms with Crippen LogP contribution in [0.5, 0.6) is 11.5 Å². The first-order valence-corrected chi connectivity index (χ1v) is 8.39. The van der Waals surface area contributed by atoms with E-state index in [1.165, 1.54) is 0 Å². The van der Waals surface area contributed by atoms with Crippen molar-refractivity contribution in [3.8, 4) is 11.5 Å². The SMILES string of the molecule is CN(C)c1ccc(O)c(C=NCCN=Cc2cc(N(C)C)ccc2O)c1. The summed E-state index contributed by atoms with van der Waals surface area (Å²) in [6, 6.07) is 10.8. The molecule has 138 valence electrons. The molecular formula is C20H26N4O2. The van der Waals surface area contributed by atoms with E-state index in [2.05, 4.69) is 9.98 Å². The zero-order chi connectivity index (χ0) is 19.1. The van der Waals surface area contributed by atoms with Gasteiger partial charge in [-0.15, -0.1) is 0 Å². The van der Waals surface area contributed by atoms with Gasteiger partial charge in [-0.3, -0.25) is 9.98 Å². The molecule has 0 radical (unpaired) electrons. The van der Waals surface area contributed by atoms with Crippen LogP contribution in [0.2, 0.25) is 0 Å². The van der Waals surface area contributed by atoms with Gasteiger partial charge in [-0.25, -0.2) is 0 Å². The van der Waals surface area contributed by atoms with E-state index in [4.69, 9.17) is 0 Å². The van der Waals surface area contributed by atoms with E-state index in [0.29, 0.717) is 24.2 Å². The van der Waals surface area contributed by atoms with Crippen molar-refractivity contribution >= 4 is 23.8 Å². The Balaban J connectivity index is 1.95. The van der Waals surface area contributed by atoms with Crippen molar-refractivity contribution in [1.82, 2.24) is 0 Å². The number of hydrogen-bond acceptors (Lipinski definition) is 6. The number of aromatic hydroxyl groups is 2. The smallest absolute Gasteiger partial charge is 0.124 e. The van der Waals surface area contributed by atoms with Crippen molar-refractivity contribution in [2.45, 2.75) is 0 Å². The number of benzene rings is 2. The van der Waals surface area contributed by atoms with Gasteiger partial charge in [0.15, 0.2) is 0 Å². The Labute approximate surface area is 154 Å². The summed E-state index contributed by atoms with van der Waals surface area (Å²) in [5, 5.41) is 19.8. The summed E-state index contributed by atoms with van der Waals surface area (Å²) >= 11 is 0. The zero-order valence-electron chi connectivity index (χ0n) is 15.7. The molecule has 26 heavy (non-hydrogen) atoms. The second-order valence-electron chi connectivity index (χ2n) is 6.35. The second kappa shape index (κ2) is 8.89. The number of nitrogens with zero attached hydrogens (tertiary/aromatic N) is 4. The lowest BCUT2D eigenvalue weighted by Gasteiger charge is -2.13. The molecule has 0 atom stereocenters. The Hall–Kier alpha value is -3.02. The van der Waals surface area contributed by atoms with E-state index >= 15 is 0 Å². The third-order valence-corrected chi connectivity index (χ3v) is 3.87. The fourth-order valence-corrected chi connectivity index (χ4v) is 2.29. The molecule has 0 aromatic heterocycles. The molecule has 0 heterocycles. The predicted octanol–water partition coefficient (Wildman–Crippen LogP) is 2.77. The van der Waals surface area contributed by atoms with Crippen molar-refractivity contribution in [3.63, 3.8) is 0 Å². The molecule has 6 heteroatoms. The van der Waals surface area contributed by atoms with Gasteiger partial charge in [-0.2, -0.15) is 0 Å². The fraction of sp³-hybridized carbons (Fsp3) is 0.300. The van der Waals surface area contributed by atoms with Gasteiger partial charge in [-0.05, 0) is 36.4 Å². The highest BCUT2D eigenvalue weighted by Gasteiger charge is 2.03. The molecule has 6 nitrogen and oxygen atoms in total. The largest absolute Gasteiger partial charge is 0.507 e. The molecule has 0 saturated heterocycles. The van der Waals surface area contributed by atoms with Gasteiger partial charge in [0.2, 0.25) is 0 Å². The summed E-state index contributed by atoms with van der Waals surface area (Å²) in [6.45, 7) is 0.993. The number of phenols is 2. The van der Waals surface area contributed by atoms with Gasteiger partial charge in [-0.1, -0.05) is 0 Å². The van der Waals surface area contributed by atoms with Crippen molar-refractivity contribution in [3.05, 3.63) is 47.5 Å². The maximum atomic E-state index is 9.90. The lowest BCUT2D eigenvalue weighted by Crippen LogP contribution is -2.08. The van der Waals surface area contributed by atoms with Crippen molar-refractivity contribution in [2.75, 3.05) is 51.1 Å². The van der Waals surface area contributed by atoms with Crippen LogP contribution < -0.4 is 9.80 Å². The summed E-state index contributed by atoms with van der Waals surface area (Å²) in [4.78, 5) is 12.6. The Kier molecular flexibility index (Phi) is 6.60. The van der Waals surface area contributed by atoms with Gasteiger partial charge < -0.3 is 20.0 Å². The van der Waals surface area contributed by atoms with Gasteiger partial charge in [0, 0.05) is 63.1 Å². The predicted molar refractivity (Wildman–Crippen MR) is 110 cm³/mol. The van der Waals surface area contributed by atoms with Crippen LogP contribution in [-0.2, 0) is 0 Å². The van der Waals surface area contributed by atoms with Gasteiger partial charge >= 0.3 is 0 Å². The fourth-order valence-electron chi connectivity index (χ4n) is 2.29. The standard InChI is InChI=1S/C20H26N4O2/c1-23(2)17-5-7-19(25)15(11-17)13-21-9-10-22-14-16-12-18(24(3)4)6-8-20(16)26/h5-8,11-14,25-26H,9-10H2,1-4H3. The number of rotatable bonds is 7. The highest BCUT2D eigenvalue weighted by molar-refractivity contribution is 5.86. The van der Waals surface area contributed by atoms with Crippen LogP contribution in [0.15, 0.2) is 46.4 Å². The molecule has 0 aliphatic rings. The van der Waals surface area contributed by atoms with Crippen LogP contribution in [-0.4, -0.2) is 63.9 Å². The van der Waals surface area contributed by atoms with E-state index in [9.17, 15) is 10.2 Å². The maximum Gasteiger partial charge on any atom is 0.124 e. The quantitative estimate of drug-likeness (QED) is 0.592. The monoisotopic (exact) mass is 354 g/mol. The molecule has 0 amide bonds. The van der Waals surface area contributed by atoms with Crippen LogP contribution in [0.25, 0.3) is 0 Å². The normalized spacial score (nSPS) is 11.4. The third-order valence-electron chi connectivity index (χ3n) is 3.87. The van der Waals surface area contributed by atoms with Crippen LogP contribution >= 0.6 is 0 Å². The molecule has 0 spiro atoms. The molecule has 2 aromatic rings. The van der Waals surface area contributed by atoms with Crippen LogP contribution in [0.3, 0.4) is 0 Å². The molecule has 0 unspecified atom stereocenters. The third kappa shape index (κ3) is 5.24. The summed E-state index contributed by atoms with van der Waals surface area (Å²) in [5.41, 5.74) is 3.35. The topological polar surface area (TPSA) is 71.7 Å². The minimum absolute atomic E-state index is 0.202. The number of hydrogen-bond donors (Lipinski definition) is 2. The second-order valence-corrected chi connectivity index (χ2v) is 6.35. The van der Waals surface area contributed by atoms with Crippen LogP contribution in [0, 0.1) is 0 Å². The lowest BCUT2D eigenvalue weighted by atomic mass is 10.2. The van der Waals surface area contributed by atoms with Crippen molar-refractivity contribution < 1.29 is 10.2 Å². The molecule has 2 N–H and O–H groups in total. The lowest BCUT2D eigenvalue weighted by molar-refractivity contribution is 0.474. The molecule has 2 aromatic carbocycles. The van der Waals surface area contributed by atoms with E-state index in [-0.39, 0.29) is 11.5 Å². The van der Waals surface area contributed by atoms with Crippen LogP contribution in [0.1, 0.15) is 11.1 Å². The van der Waals surface area contributed by atoms with E-state index in [1.807, 2.05) is 62.3 Å². The Morgan fingerprint density at radius 3 is 1.46 bits per heavy atom. The summed E-state index contributed by atoms with van der Waals surface area (Å²) in [7, 11) is 7.79. The van der Waals surface area contributed by atoms with Gasteiger partial charge in [0.1, 0.15) is 11.5 Å². The average molecular weight is 354 g/mol. The molecule has 0 aliphatic heterocycles. The Morgan fingerprint density at radius 1 is 0.731 bits per heavy atom. The summed E-state index contributed by atoms with van der Waals surface area (Å²) in [5.74, 6) is 0.404. The first-order chi connectivity index (χ1) is 12.4. The molecule has 0 fully saturated rings. The van der Waals surface area contributed by atoms with E-state index < -0.39 is 0 Å². The molecule has 0 saturated carbocycles. The Bertz CT molecular complexity index is 731. The van der Waals surface area contributed by atoms with E-state index in [0.717, 1.165) is 11.4 Å². The highest BCUT2D eigenvalue weighted by atomic mass is 16.3. The minimum Gasteiger partial charge on any atom is -0.507 e. The molecule has 0 aliphatic carbocycles. The first-order valence-electron chi connectivity index (χ1n) is 8.39. The van der Waals surface area contributed by atoms with Crippen LogP contribution in [0.4, 0.5) is 11.4 Å². The van der Waals surface area contributed by atoms with Gasteiger partial charge in [0.05, 0.1) is 13.1 Å². The van der Waals surface area contributed by atoms with Crippen molar-refractivity contribution in [2.24, 2.45) is 9.98 Å². The average Bonchev–Trinajstić information content (AvgIpc) is 2.60. The maximum absolute atomic E-state index is 9.90. The molecular weight excluding hydrogens is 328 g/mol. The number of anilines is 2. The van der Waals surface area contributed by atoms with Crippen molar-refractivity contribution in [1.29, 1.82) is 0 Å². The molecule has 2 rings (SSSR count). The summed E-state index contributed by atoms with van der Waals surface area (Å²) in [6.07, 6.45) is 3.31. The first kappa shape index (κ1) is 19.3. The highest BCUT2D eigenvalue weighted by Crippen LogP contribution is 2.22. The molecule has 0 bridgehead atoms. The number of aliphatic imine (C=N–C) groups is 2. The minimum atomic E-state index is 0.202. The van der Waals surface area contributed by atoms with Gasteiger partial charge in [0.25, 0.3) is 0 Å². The van der Waals surface area contributed by atoms with E-state index in [1.54, 1.807) is 24.6 Å². The Morgan fingerprint density at radius 2 is 1.12 bits per heavy atom.